The molecule has 2 saturated carbocycles. The predicted molar refractivity (Wildman–Crippen MR) is 60.2 cm³/mol. The van der Waals surface area contributed by atoms with Crippen LogP contribution in [0.2, 0.25) is 0 Å². The summed E-state index contributed by atoms with van der Waals surface area (Å²) >= 11 is 0. The summed E-state index contributed by atoms with van der Waals surface area (Å²) in [5.74, 6) is 0.876. The Morgan fingerprint density at radius 1 is 1.00 bits per heavy atom. The molecule has 0 heterocycles. The molecule has 0 bridgehead atoms. The molecular weight excluding hydrogens is 172 g/mol. The van der Waals surface area contributed by atoms with Crippen molar-refractivity contribution >= 4 is 0 Å². The quantitative estimate of drug-likeness (QED) is 0.722. The molecule has 82 valence electrons. The molecule has 2 heteroatoms. The molecule has 0 radical (unpaired) electrons. The number of hydrogen-bond acceptors (Lipinski definition) is 2. The van der Waals surface area contributed by atoms with Gasteiger partial charge >= 0.3 is 0 Å². The van der Waals surface area contributed by atoms with Crippen molar-refractivity contribution in [3.8, 4) is 0 Å². The van der Waals surface area contributed by atoms with Crippen LogP contribution < -0.4 is 11.1 Å². The fourth-order valence-electron chi connectivity index (χ4n) is 3.15. The lowest BCUT2D eigenvalue weighted by Crippen LogP contribution is -2.45. The van der Waals surface area contributed by atoms with E-state index in [0.717, 1.165) is 18.5 Å². The smallest absolute Gasteiger partial charge is 0.0221 e. The van der Waals surface area contributed by atoms with Crippen molar-refractivity contribution in [1.29, 1.82) is 0 Å². The third-order valence-corrected chi connectivity index (χ3v) is 4.03. The predicted octanol–water partition coefficient (Wildman–Crippen LogP) is 2.04. The molecule has 2 fully saturated rings. The number of rotatable bonds is 4. The fourth-order valence-corrected chi connectivity index (χ4v) is 3.15. The largest absolute Gasteiger partial charge is 0.329 e. The highest BCUT2D eigenvalue weighted by molar-refractivity contribution is 4.85. The van der Waals surface area contributed by atoms with E-state index in [0.29, 0.717) is 6.04 Å². The van der Waals surface area contributed by atoms with E-state index in [-0.39, 0.29) is 0 Å². The van der Waals surface area contributed by atoms with Crippen LogP contribution in [0, 0.1) is 5.92 Å². The maximum absolute atomic E-state index is 5.87. The van der Waals surface area contributed by atoms with Crippen molar-refractivity contribution in [3.05, 3.63) is 0 Å². The maximum Gasteiger partial charge on any atom is 0.0221 e. The van der Waals surface area contributed by atoms with E-state index in [2.05, 4.69) is 5.32 Å². The standard InChI is InChI=1S/C12H24N2/c13-9-12(10-5-1-2-6-10)14-11-7-3-4-8-11/h10-12,14H,1-9,13H2. The van der Waals surface area contributed by atoms with Gasteiger partial charge in [-0.1, -0.05) is 25.7 Å². The molecule has 0 saturated heterocycles. The maximum atomic E-state index is 5.87. The second kappa shape index (κ2) is 5.13. The van der Waals surface area contributed by atoms with E-state index in [9.17, 15) is 0 Å². The van der Waals surface area contributed by atoms with Crippen molar-refractivity contribution in [2.24, 2.45) is 11.7 Å². The summed E-state index contributed by atoms with van der Waals surface area (Å²) in [6, 6.07) is 1.39. The molecule has 2 nitrogen and oxygen atoms in total. The van der Waals surface area contributed by atoms with E-state index < -0.39 is 0 Å². The van der Waals surface area contributed by atoms with E-state index in [1.165, 1.54) is 51.4 Å². The summed E-state index contributed by atoms with van der Waals surface area (Å²) < 4.78 is 0. The van der Waals surface area contributed by atoms with Crippen LogP contribution in [0.1, 0.15) is 51.4 Å². The van der Waals surface area contributed by atoms with Crippen LogP contribution in [-0.2, 0) is 0 Å². The highest BCUT2D eigenvalue weighted by Crippen LogP contribution is 2.28. The van der Waals surface area contributed by atoms with E-state index >= 15 is 0 Å². The van der Waals surface area contributed by atoms with Crippen molar-refractivity contribution in [3.63, 3.8) is 0 Å². The van der Waals surface area contributed by atoms with Crippen LogP contribution in [0.25, 0.3) is 0 Å². The first kappa shape index (κ1) is 10.4. The van der Waals surface area contributed by atoms with E-state index in [1.54, 1.807) is 0 Å². The van der Waals surface area contributed by atoms with Gasteiger partial charge in [0.1, 0.15) is 0 Å². The monoisotopic (exact) mass is 196 g/mol. The van der Waals surface area contributed by atoms with Gasteiger partial charge in [0.05, 0.1) is 0 Å². The Hall–Kier alpha value is -0.0800. The third kappa shape index (κ3) is 2.48. The number of nitrogens with one attached hydrogen (secondary N) is 1. The lowest BCUT2D eigenvalue weighted by molar-refractivity contribution is 0.327. The number of nitrogens with two attached hydrogens (primary N) is 1. The highest BCUT2D eigenvalue weighted by atomic mass is 15.0. The summed E-state index contributed by atoms with van der Waals surface area (Å²) in [4.78, 5) is 0. The molecule has 0 spiro atoms. The zero-order chi connectivity index (χ0) is 9.80. The molecule has 3 N–H and O–H groups in total. The first-order valence-electron chi connectivity index (χ1n) is 6.36. The molecule has 2 aliphatic carbocycles. The first-order chi connectivity index (χ1) is 6.90. The Kier molecular flexibility index (Phi) is 3.82. The lowest BCUT2D eigenvalue weighted by Gasteiger charge is -2.26. The summed E-state index contributed by atoms with van der Waals surface area (Å²) in [5.41, 5.74) is 5.87. The van der Waals surface area contributed by atoms with Crippen molar-refractivity contribution < 1.29 is 0 Å². The Morgan fingerprint density at radius 3 is 2.14 bits per heavy atom. The molecule has 0 aromatic rings. The summed E-state index contributed by atoms with van der Waals surface area (Å²) in [6.45, 7) is 0.834. The minimum atomic E-state index is 0.612. The second-order valence-corrected chi connectivity index (χ2v) is 5.03. The minimum absolute atomic E-state index is 0.612. The average molecular weight is 196 g/mol. The highest BCUT2D eigenvalue weighted by Gasteiger charge is 2.26. The van der Waals surface area contributed by atoms with Gasteiger partial charge in [-0.15, -0.1) is 0 Å². The van der Waals surface area contributed by atoms with Gasteiger partial charge in [-0.2, -0.15) is 0 Å². The van der Waals surface area contributed by atoms with Gasteiger partial charge in [0.2, 0.25) is 0 Å². The Bertz CT molecular complexity index is 158. The summed E-state index contributed by atoms with van der Waals surface area (Å²) in [5, 5.41) is 3.78. The van der Waals surface area contributed by atoms with Crippen molar-refractivity contribution in [2.75, 3.05) is 6.54 Å². The van der Waals surface area contributed by atoms with Crippen LogP contribution >= 0.6 is 0 Å². The molecule has 1 atom stereocenters. The van der Waals surface area contributed by atoms with E-state index in [1.807, 2.05) is 0 Å². The van der Waals surface area contributed by atoms with Gasteiger partial charge in [-0.05, 0) is 31.6 Å². The van der Waals surface area contributed by atoms with Crippen LogP contribution in [0.5, 0.6) is 0 Å². The van der Waals surface area contributed by atoms with E-state index in [4.69, 9.17) is 5.73 Å². The molecule has 0 aromatic heterocycles. The SMILES string of the molecule is NCC(NC1CCCC1)C1CCCC1. The molecule has 2 aliphatic rings. The van der Waals surface area contributed by atoms with Crippen LogP contribution in [-0.4, -0.2) is 18.6 Å². The lowest BCUT2D eigenvalue weighted by atomic mass is 9.97. The summed E-state index contributed by atoms with van der Waals surface area (Å²) in [7, 11) is 0. The number of hydrogen-bond donors (Lipinski definition) is 2. The Balaban J connectivity index is 1.79. The zero-order valence-electron chi connectivity index (χ0n) is 9.17. The van der Waals surface area contributed by atoms with Crippen LogP contribution in [0.15, 0.2) is 0 Å². The van der Waals surface area contributed by atoms with Gasteiger partial charge in [0, 0.05) is 18.6 Å². The molecular formula is C12H24N2. The average Bonchev–Trinajstić information content (AvgIpc) is 2.86. The molecule has 14 heavy (non-hydrogen) atoms. The third-order valence-electron chi connectivity index (χ3n) is 4.03. The molecule has 1 unspecified atom stereocenters. The Labute approximate surface area is 87.6 Å². The van der Waals surface area contributed by atoms with Crippen LogP contribution in [0.3, 0.4) is 0 Å². The molecule has 0 amide bonds. The first-order valence-corrected chi connectivity index (χ1v) is 6.36. The fraction of sp³-hybridized carbons (Fsp3) is 1.00. The van der Waals surface area contributed by atoms with Crippen molar-refractivity contribution in [1.82, 2.24) is 5.32 Å². The van der Waals surface area contributed by atoms with Crippen molar-refractivity contribution in [2.45, 2.75) is 63.5 Å². The topological polar surface area (TPSA) is 38.0 Å². The Morgan fingerprint density at radius 2 is 1.57 bits per heavy atom. The normalized spacial score (nSPS) is 27.2. The van der Waals surface area contributed by atoms with Gasteiger partial charge in [0.15, 0.2) is 0 Å². The summed E-state index contributed by atoms with van der Waals surface area (Å²) in [6.07, 6.45) is 11.2. The van der Waals surface area contributed by atoms with Gasteiger partial charge in [0.25, 0.3) is 0 Å². The molecule has 0 aromatic carbocycles. The minimum Gasteiger partial charge on any atom is -0.329 e. The van der Waals surface area contributed by atoms with Gasteiger partial charge in [-0.25, -0.2) is 0 Å². The molecule has 0 aliphatic heterocycles. The second-order valence-electron chi connectivity index (χ2n) is 5.03. The molecule has 2 rings (SSSR count). The van der Waals surface area contributed by atoms with Gasteiger partial charge < -0.3 is 11.1 Å². The zero-order valence-corrected chi connectivity index (χ0v) is 9.17. The van der Waals surface area contributed by atoms with Crippen LogP contribution in [0.4, 0.5) is 0 Å². The van der Waals surface area contributed by atoms with Gasteiger partial charge in [-0.3, -0.25) is 0 Å².